The number of nitrogens with zero attached hydrogens (tertiary/aromatic N) is 2. The van der Waals surface area contributed by atoms with E-state index in [1.54, 1.807) is 38.1 Å². The van der Waals surface area contributed by atoms with Crippen LogP contribution in [0.3, 0.4) is 0 Å². The predicted molar refractivity (Wildman–Crippen MR) is 106 cm³/mol. The van der Waals surface area contributed by atoms with Crippen molar-refractivity contribution in [1.82, 2.24) is 19.8 Å². The Bertz CT molecular complexity index is 963. The largest absolute Gasteiger partial charge is 0.354 e. The number of rotatable bonds is 9. The van der Waals surface area contributed by atoms with E-state index >= 15 is 0 Å². The molecular weight excluding hydrogens is 380 g/mol. The van der Waals surface area contributed by atoms with Crippen molar-refractivity contribution < 1.29 is 18.0 Å². The van der Waals surface area contributed by atoms with Crippen LogP contribution in [0.4, 0.5) is 0 Å². The van der Waals surface area contributed by atoms with E-state index < -0.39 is 10.0 Å². The molecule has 8 nitrogen and oxygen atoms in total. The molecule has 28 heavy (non-hydrogen) atoms. The normalized spacial score (nSPS) is 11.4. The van der Waals surface area contributed by atoms with Crippen LogP contribution in [-0.4, -0.2) is 43.0 Å². The Balaban J connectivity index is 1.78. The first-order valence-electron chi connectivity index (χ1n) is 9.00. The third-order valence-electron chi connectivity index (χ3n) is 4.33. The zero-order valence-corrected chi connectivity index (χ0v) is 17.4. The second kappa shape index (κ2) is 9.11. The van der Waals surface area contributed by atoms with Gasteiger partial charge in [0.15, 0.2) is 5.78 Å². The summed E-state index contributed by atoms with van der Waals surface area (Å²) in [5, 5.41) is 6.96. The Morgan fingerprint density at radius 1 is 1.07 bits per heavy atom. The van der Waals surface area contributed by atoms with Gasteiger partial charge in [0.25, 0.3) is 0 Å². The average Bonchev–Trinajstić information content (AvgIpc) is 2.88. The molecule has 2 rings (SSSR count). The third-order valence-corrected chi connectivity index (χ3v) is 5.80. The standard InChI is InChI=1S/C19H26N4O4S/c1-13-6-8-17(9-7-13)28(26,27)21-11-5-10-20-18(25)12-23-15(3)19(16(4)24)14(2)22-23/h6-9,21H,5,10-12H2,1-4H3,(H,20,25). The Morgan fingerprint density at radius 2 is 1.71 bits per heavy atom. The molecule has 0 radical (unpaired) electrons. The van der Waals surface area contributed by atoms with E-state index in [-0.39, 0.29) is 29.7 Å². The lowest BCUT2D eigenvalue weighted by atomic mass is 10.1. The van der Waals surface area contributed by atoms with Gasteiger partial charge in [-0.1, -0.05) is 17.7 Å². The van der Waals surface area contributed by atoms with E-state index in [0.717, 1.165) is 5.56 Å². The number of hydrogen-bond donors (Lipinski definition) is 2. The molecule has 0 saturated heterocycles. The van der Waals surface area contributed by atoms with Gasteiger partial charge < -0.3 is 5.32 Å². The number of aryl methyl sites for hydroxylation is 2. The molecule has 0 atom stereocenters. The van der Waals surface area contributed by atoms with Crippen LogP contribution in [0.2, 0.25) is 0 Å². The molecule has 1 aromatic carbocycles. The lowest BCUT2D eigenvalue weighted by Crippen LogP contribution is -2.32. The van der Waals surface area contributed by atoms with Crippen LogP contribution in [0.1, 0.15) is 40.7 Å². The summed E-state index contributed by atoms with van der Waals surface area (Å²) in [7, 11) is -3.55. The molecule has 0 fully saturated rings. The molecule has 1 heterocycles. The zero-order valence-electron chi connectivity index (χ0n) is 16.6. The highest BCUT2D eigenvalue weighted by Crippen LogP contribution is 2.13. The van der Waals surface area contributed by atoms with Crippen LogP contribution in [0.25, 0.3) is 0 Å². The Hall–Kier alpha value is -2.52. The molecule has 152 valence electrons. The highest BCUT2D eigenvalue weighted by Gasteiger charge is 2.17. The Morgan fingerprint density at radius 3 is 2.29 bits per heavy atom. The number of amides is 1. The summed E-state index contributed by atoms with van der Waals surface area (Å²) in [4.78, 5) is 23.9. The highest BCUT2D eigenvalue weighted by atomic mass is 32.2. The smallest absolute Gasteiger partial charge is 0.241 e. The number of ketones is 1. The van der Waals surface area contributed by atoms with Crippen molar-refractivity contribution in [1.29, 1.82) is 0 Å². The number of carbonyl (C=O) groups is 2. The molecule has 0 aliphatic heterocycles. The molecule has 0 bridgehead atoms. The lowest BCUT2D eigenvalue weighted by Gasteiger charge is -2.09. The zero-order chi connectivity index (χ0) is 20.9. The van der Waals surface area contributed by atoms with Crippen molar-refractivity contribution in [2.75, 3.05) is 13.1 Å². The lowest BCUT2D eigenvalue weighted by molar-refractivity contribution is -0.121. The fourth-order valence-electron chi connectivity index (χ4n) is 2.88. The monoisotopic (exact) mass is 406 g/mol. The molecule has 0 saturated carbocycles. The van der Waals surface area contributed by atoms with Crippen molar-refractivity contribution in [2.24, 2.45) is 0 Å². The maximum absolute atomic E-state index is 12.2. The van der Waals surface area contributed by atoms with E-state index in [2.05, 4.69) is 15.1 Å². The summed E-state index contributed by atoms with van der Waals surface area (Å²) in [5.74, 6) is -0.329. The number of aromatic nitrogens is 2. The van der Waals surface area contributed by atoms with E-state index in [9.17, 15) is 18.0 Å². The third kappa shape index (κ3) is 5.49. The maximum Gasteiger partial charge on any atom is 0.241 e. The van der Waals surface area contributed by atoms with Crippen molar-refractivity contribution in [2.45, 2.75) is 45.6 Å². The van der Waals surface area contributed by atoms with Gasteiger partial charge in [-0.3, -0.25) is 14.3 Å². The first-order valence-corrected chi connectivity index (χ1v) is 10.5. The number of Topliss-reactive ketones (excluding diaryl/α,β-unsaturated/α-hetero) is 1. The summed E-state index contributed by atoms with van der Waals surface area (Å²) in [6.07, 6.45) is 0.451. The van der Waals surface area contributed by atoms with Gasteiger partial charge in [-0.15, -0.1) is 0 Å². The van der Waals surface area contributed by atoms with Crippen molar-refractivity contribution in [3.8, 4) is 0 Å². The Kier molecular flexibility index (Phi) is 7.09. The van der Waals surface area contributed by atoms with Gasteiger partial charge in [-0.2, -0.15) is 5.10 Å². The summed E-state index contributed by atoms with van der Waals surface area (Å²) < 4.78 is 28.4. The molecule has 2 N–H and O–H groups in total. The number of hydrogen-bond acceptors (Lipinski definition) is 5. The molecule has 0 unspecified atom stereocenters. The summed E-state index contributed by atoms with van der Waals surface area (Å²) >= 11 is 0. The average molecular weight is 407 g/mol. The quantitative estimate of drug-likeness (QED) is 0.484. The SMILES string of the molecule is CC(=O)c1c(C)nn(CC(=O)NCCCNS(=O)(=O)c2ccc(C)cc2)c1C. The summed E-state index contributed by atoms with van der Waals surface area (Å²) in [5.41, 5.74) is 2.78. The Labute approximate surface area is 165 Å². The number of benzene rings is 1. The molecule has 0 aliphatic carbocycles. The maximum atomic E-state index is 12.2. The number of carbonyl (C=O) groups excluding carboxylic acids is 2. The number of sulfonamides is 1. The molecule has 2 aromatic rings. The van der Waals surface area contributed by atoms with Gasteiger partial charge >= 0.3 is 0 Å². The van der Waals surface area contributed by atoms with Crippen LogP contribution in [0.15, 0.2) is 29.2 Å². The molecule has 9 heteroatoms. The van der Waals surface area contributed by atoms with Crippen LogP contribution < -0.4 is 10.0 Å². The second-order valence-corrected chi connectivity index (χ2v) is 8.44. The predicted octanol–water partition coefficient (Wildman–Crippen LogP) is 1.50. The fourth-order valence-corrected chi connectivity index (χ4v) is 3.95. The topological polar surface area (TPSA) is 110 Å². The van der Waals surface area contributed by atoms with Gasteiger partial charge in [0.1, 0.15) is 6.54 Å². The fraction of sp³-hybridized carbons (Fsp3) is 0.421. The molecular formula is C19H26N4O4S. The van der Waals surface area contributed by atoms with E-state index in [0.29, 0.717) is 29.9 Å². The minimum atomic E-state index is -3.55. The highest BCUT2D eigenvalue weighted by molar-refractivity contribution is 7.89. The van der Waals surface area contributed by atoms with Gasteiger partial charge in [-0.25, -0.2) is 13.1 Å². The first-order chi connectivity index (χ1) is 13.1. The van der Waals surface area contributed by atoms with E-state index in [1.807, 2.05) is 6.92 Å². The van der Waals surface area contributed by atoms with Gasteiger partial charge in [0.05, 0.1) is 16.2 Å². The van der Waals surface area contributed by atoms with Crippen LogP contribution in [0.5, 0.6) is 0 Å². The van der Waals surface area contributed by atoms with E-state index in [4.69, 9.17) is 0 Å². The van der Waals surface area contributed by atoms with Gasteiger partial charge in [-0.05, 0) is 46.2 Å². The van der Waals surface area contributed by atoms with Crippen molar-refractivity contribution >= 4 is 21.7 Å². The molecule has 0 spiro atoms. The second-order valence-electron chi connectivity index (χ2n) is 6.67. The first kappa shape index (κ1) is 21.8. The summed E-state index contributed by atoms with van der Waals surface area (Å²) in [6, 6.07) is 6.60. The van der Waals surface area contributed by atoms with E-state index in [1.165, 1.54) is 11.6 Å². The van der Waals surface area contributed by atoms with Crippen LogP contribution >= 0.6 is 0 Å². The van der Waals surface area contributed by atoms with Crippen LogP contribution in [-0.2, 0) is 21.4 Å². The molecule has 1 amide bonds. The van der Waals surface area contributed by atoms with Gasteiger partial charge in [0.2, 0.25) is 15.9 Å². The van der Waals surface area contributed by atoms with Crippen molar-refractivity contribution in [3.63, 3.8) is 0 Å². The minimum Gasteiger partial charge on any atom is -0.354 e. The molecule has 1 aromatic heterocycles. The van der Waals surface area contributed by atoms with Crippen molar-refractivity contribution in [3.05, 3.63) is 46.8 Å². The van der Waals surface area contributed by atoms with Gasteiger partial charge in [0, 0.05) is 18.8 Å². The minimum absolute atomic E-state index is 0.00898. The number of nitrogens with one attached hydrogen (secondary N) is 2. The summed E-state index contributed by atoms with van der Waals surface area (Å²) in [6.45, 7) is 7.40. The van der Waals surface area contributed by atoms with Crippen LogP contribution in [0, 0.1) is 20.8 Å². The molecule has 0 aliphatic rings.